The molecule has 1 aliphatic heterocycles. The predicted molar refractivity (Wildman–Crippen MR) is 105 cm³/mol. The molecule has 1 heterocycles. The first kappa shape index (κ1) is 22.0. The molecule has 2 rings (SSSR count). The van der Waals surface area contributed by atoms with E-state index in [1.165, 1.54) is 12.0 Å². The largest absolute Gasteiger partial charge is 0.467 e. The summed E-state index contributed by atoms with van der Waals surface area (Å²) in [6.45, 7) is 5.76. The third-order valence-electron chi connectivity index (χ3n) is 4.34. The Kier molecular flexibility index (Phi) is 7.29. The van der Waals surface area contributed by atoms with E-state index in [-0.39, 0.29) is 6.42 Å². The summed E-state index contributed by atoms with van der Waals surface area (Å²) in [6, 6.07) is 5.47. The third-order valence-corrected chi connectivity index (χ3v) is 4.59. The lowest BCUT2D eigenvalue weighted by Gasteiger charge is -2.28. The first-order chi connectivity index (χ1) is 13.1. The van der Waals surface area contributed by atoms with E-state index in [0.29, 0.717) is 24.4 Å². The van der Waals surface area contributed by atoms with Crippen LogP contribution in [-0.4, -0.2) is 54.2 Å². The van der Waals surface area contributed by atoms with Gasteiger partial charge in [-0.2, -0.15) is 0 Å². The van der Waals surface area contributed by atoms with Crippen molar-refractivity contribution in [1.29, 1.82) is 0 Å². The molecule has 7 nitrogen and oxygen atoms in total. The molecule has 1 aromatic rings. The molecular weight excluding hydrogens is 384 g/mol. The van der Waals surface area contributed by atoms with Crippen molar-refractivity contribution in [3.63, 3.8) is 0 Å². The lowest BCUT2D eigenvalue weighted by atomic mass is 10.1. The molecule has 1 aliphatic rings. The zero-order chi connectivity index (χ0) is 20.9. The predicted octanol–water partition coefficient (Wildman–Crippen LogP) is 2.94. The summed E-state index contributed by atoms with van der Waals surface area (Å²) in [4.78, 5) is 38.8. The van der Waals surface area contributed by atoms with Crippen molar-refractivity contribution >= 4 is 29.6 Å². The molecule has 0 spiro atoms. The lowest BCUT2D eigenvalue weighted by Crippen LogP contribution is -2.52. The van der Waals surface area contributed by atoms with Crippen LogP contribution >= 0.6 is 11.6 Å². The summed E-state index contributed by atoms with van der Waals surface area (Å²) in [7, 11) is 1.27. The minimum Gasteiger partial charge on any atom is -0.467 e. The fourth-order valence-electron chi connectivity index (χ4n) is 3.04. The number of carbonyl (C=O) groups is 3. The third kappa shape index (κ3) is 6.12. The van der Waals surface area contributed by atoms with Gasteiger partial charge in [-0.25, -0.2) is 9.59 Å². The Morgan fingerprint density at radius 3 is 2.46 bits per heavy atom. The number of ether oxygens (including phenoxy) is 2. The molecular formula is C20H27ClN2O5. The summed E-state index contributed by atoms with van der Waals surface area (Å²) >= 11 is 5.89. The molecule has 1 N–H and O–H groups in total. The summed E-state index contributed by atoms with van der Waals surface area (Å²) in [5.41, 5.74) is 0.180. The van der Waals surface area contributed by atoms with Crippen molar-refractivity contribution in [3.8, 4) is 0 Å². The fraction of sp³-hybridized carbons (Fsp3) is 0.550. The van der Waals surface area contributed by atoms with Crippen LogP contribution in [0.3, 0.4) is 0 Å². The van der Waals surface area contributed by atoms with Crippen LogP contribution in [0, 0.1) is 0 Å². The smallest absolute Gasteiger partial charge is 0.410 e. The highest BCUT2D eigenvalue weighted by atomic mass is 35.5. The minimum absolute atomic E-state index is 0.259. The first-order valence-electron chi connectivity index (χ1n) is 9.23. The summed E-state index contributed by atoms with van der Waals surface area (Å²) in [6.07, 6.45) is 0.934. The van der Waals surface area contributed by atoms with Crippen molar-refractivity contribution in [1.82, 2.24) is 10.2 Å². The Labute approximate surface area is 170 Å². The van der Waals surface area contributed by atoms with E-state index >= 15 is 0 Å². The monoisotopic (exact) mass is 410 g/mol. The SMILES string of the molecule is COC(=O)[C@H](Cc1ccc(Cl)cc1)NC(=O)C1CCCN1C(=O)OC(C)(C)C. The van der Waals surface area contributed by atoms with E-state index in [9.17, 15) is 14.4 Å². The number of benzene rings is 1. The van der Waals surface area contributed by atoms with E-state index < -0.39 is 35.7 Å². The van der Waals surface area contributed by atoms with Gasteiger partial charge in [0.15, 0.2) is 0 Å². The molecule has 1 aromatic carbocycles. The number of esters is 1. The Balaban J connectivity index is 2.08. The quantitative estimate of drug-likeness (QED) is 0.754. The van der Waals surface area contributed by atoms with Gasteiger partial charge in [-0.3, -0.25) is 9.69 Å². The number of methoxy groups -OCH3 is 1. The second-order valence-electron chi connectivity index (χ2n) is 7.75. The average molecular weight is 411 g/mol. The van der Waals surface area contributed by atoms with Crippen molar-refractivity contribution in [2.24, 2.45) is 0 Å². The van der Waals surface area contributed by atoms with Crippen LogP contribution in [0.5, 0.6) is 0 Å². The maximum atomic E-state index is 12.8. The van der Waals surface area contributed by atoms with Gasteiger partial charge in [-0.05, 0) is 51.3 Å². The van der Waals surface area contributed by atoms with Crippen LogP contribution in [0.1, 0.15) is 39.2 Å². The van der Waals surface area contributed by atoms with E-state index in [2.05, 4.69) is 5.32 Å². The number of halogens is 1. The van der Waals surface area contributed by atoms with Gasteiger partial charge in [0.25, 0.3) is 0 Å². The zero-order valence-electron chi connectivity index (χ0n) is 16.7. The number of amides is 2. The average Bonchev–Trinajstić information content (AvgIpc) is 3.11. The van der Waals surface area contributed by atoms with E-state index in [1.807, 2.05) is 0 Å². The number of hydrogen-bond donors (Lipinski definition) is 1. The van der Waals surface area contributed by atoms with Gasteiger partial charge in [-0.1, -0.05) is 23.7 Å². The second-order valence-corrected chi connectivity index (χ2v) is 8.18. The number of likely N-dealkylation sites (tertiary alicyclic amines) is 1. The molecule has 28 heavy (non-hydrogen) atoms. The molecule has 1 fully saturated rings. The van der Waals surface area contributed by atoms with Crippen molar-refractivity contribution in [2.45, 2.75) is 57.7 Å². The van der Waals surface area contributed by atoms with Gasteiger partial charge in [0.2, 0.25) is 5.91 Å². The highest BCUT2D eigenvalue weighted by Crippen LogP contribution is 2.21. The van der Waals surface area contributed by atoms with Crippen LogP contribution in [0.2, 0.25) is 5.02 Å². The van der Waals surface area contributed by atoms with Crippen LogP contribution in [-0.2, 0) is 25.5 Å². The number of nitrogens with one attached hydrogen (secondary N) is 1. The van der Waals surface area contributed by atoms with Gasteiger partial charge >= 0.3 is 12.1 Å². The molecule has 2 atom stereocenters. The summed E-state index contributed by atoms with van der Waals surface area (Å²) < 4.78 is 10.2. The fourth-order valence-corrected chi connectivity index (χ4v) is 3.16. The Bertz CT molecular complexity index is 714. The van der Waals surface area contributed by atoms with E-state index in [1.54, 1.807) is 45.0 Å². The van der Waals surface area contributed by atoms with Crippen LogP contribution in [0.4, 0.5) is 4.79 Å². The van der Waals surface area contributed by atoms with Crippen molar-refractivity contribution < 1.29 is 23.9 Å². The molecule has 0 aromatic heterocycles. The Morgan fingerprint density at radius 1 is 1.25 bits per heavy atom. The van der Waals surface area contributed by atoms with Gasteiger partial charge in [0.05, 0.1) is 7.11 Å². The van der Waals surface area contributed by atoms with E-state index in [4.69, 9.17) is 21.1 Å². The van der Waals surface area contributed by atoms with Crippen molar-refractivity contribution in [2.75, 3.05) is 13.7 Å². The maximum Gasteiger partial charge on any atom is 0.410 e. The Morgan fingerprint density at radius 2 is 1.89 bits per heavy atom. The highest BCUT2D eigenvalue weighted by Gasteiger charge is 2.38. The number of rotatable bonds is 5. The second kappa shape index (κ2) is 9.28. The van der Waals surface area contributed by atoms with E-state index in [0.717, 1.165) is 5.56 Å². The molecule has 0 aliphatic carbocycles. The molecule has 8 heteroatoms. The normalized spacial score (nSPS) is 17.8. The molecule has 2 amide bonds. The first-order valence-corrected chi connectivity index (χ1v) is 9.61. The van der Waals surface area contributed by atoms with Gasteiger partial charge in [-0.15, -0.1) is 0 Å². The molecule has 0 bridgehead atoms. The molecule has 1 saturated heterocycles. The molecule has 1 unspecified atom stereocenters. The van der Waals surface area contributed by atoms with Crippen LogP contribution < -0.4 is 5.32 Å². The van der Waals surface area contributed by atoms with Crippen LogP contribution in [0.25, 0.3) is 0 Å². The molecule has 0 saturated carbocycles. The van der Waals surface area contributed by atoms with Gasteiger partial charge in [0.1, 0.15) is 17.7 Å². The topological polar surface area (TPSA) is 84.9 Å². The zero-order valence-corrected chi connectivity index (χ0v) is 17.4. The lowest BCUT2D eigenvalue weighted by molar-refractivity contribution is -0.145. The summed E-state index contributed by atoms with van der Waals surface area (Å²) in [5, 5.41) is 3.31. The standard InChI is InChI=1S/C20H27ClN2O5/c1-20(2,3)28-19(26)23-11-5-6-16(23)17(24)22-15(18(25)27-4)12-13-7-9-14(21)10-8-13/h7-10,15-16H,5-6,11-12H2,1-4H3,(H,22,24)/t15-,16?/m0/s1. The molecule has 154 valence electrons. The minimum atomic E-state index is -0.861. The number of nitrogens with zero attached hydrogens (tertiary/aromatic N) is 1. The van der Waals surface area contributed by atoms with Gasteiger partial charge in [0, 0.05) is 18.0 Å². The highest BCUT2D eigenvalue weighted by molar-refractivity contribution is 6.30. The van der Waals surface area contributed by atoms with Crippen LogP contribution in [0.15, 0.2) is 24.3 Å². The number of hydrogen-bond acceptors (Lipinski definition) is 5. The van der Waals surface area contributed by atoms with Crippen molar-refractivity contribution in [3.05, 3.63) is 34.9 Å². The summed E-state index contributed by atoms with van der Waals surface area (Å²) in [5.74, 6) is -0.946. The van der Waals surface area contributed by atoms with Gasteiger partial charge < -0.3 is 14.8 Å². The number of carbonyl (C=O) groups excluding carboxylic acids is 3. The maximum absolute atomic E-state index is 12.8. The Hall–Kier alpha value is -2.28. The molecule has 0 radical (unpaired) electrons.